The number of aromatic nitrogens is 6. The summed E-state index contributed by atoms with van der Waals surface area (Å²) in [7, 11) is 0. The van der Waals surface area contributed by atoms with Crippen molar-refractivity contribution in [2.75, 3.05) is 62.2 Å². The minimum Gasteiger partial charge on any atom is -0.444 e. The van der Waals surface area contributed by atoms with Crippen LogP contribution in [-0.2, 0) is 30.7 Å². The molecule has 3 N–H and O–H groups in total. The number of carbonyl (C=O) groups excluding carboxylic acids is 1. The van der Waals surface area contributed by atoms with Gasteiger partial charge in [-0.2, -0.15) is 0 Å². The zero-order valence-electron chi connectivity index (χ0n) is 42.5. The van der Waals surface area contributed by atoms with Crippen molar-refractivity contribution in [3.05, 3.63) is 119 Å². The van der Waals surface area contributed by atoms with Crippen LogP contribution in [0.2, 0.25) is 0 Å². The second-order valence-corrected chi connectivity index (χ2v) is 22.5. The molecule has 6 aromatic heterocycles. The second kappa shape index (κ2) is 20.9. The monoisotopic (exact) mass is 961 g/mol. The van der Waals surface area contributed by atoms with Crippen LogP contribution < -0.4 is 20.9 Å². The van der Waals surface area contributed by atoms with Crippen molar-refractivity contribution >= 4 is 29.0 Å². The maximum absolute atomic E-state index is 12.1. The van der Waals surface area contributed by atoms with E-state index in [4.69, 9.17) is 30.4 Å². The van der Waals surface area contributed by atoms with Crippen LogP contribution in [0, 0.1) is 23.7 Å². The summed E-state index contributed by atoms with van der Waals surface area (Å²) >= 11 is 0. The molecule has 71 heavy (non-hydrogen) atoms. The summed E-state index contributed by atoms with van der Waals surface area (Å²) < 4.78 is 9.96. The van der Waals surface area contributed by atoms with Crippen molar-refractivity contribution in [3.8, 4) is 0 Å². The van der Waals surface area contributed by atoms with E-state index in [9.17, 15) is 4.79 Å². The molecule has 0 spiro atoms. The van der Waals surface area contributed by atoms with Crippen LogP contribution in [0.5, 0.6) is 0 Å². The Hall–Kier alpha value is -5.57. The van der Waals surface area contributed by atoms with Gasteiger partial charge in [0, 0.05) is 70.6 Å². The third kappa shape index (κ3) is 10.5. The molecule has 6 aliphatic rings. The third-order valence-electron chi connectivity index (χ3n) is 16.6. The lowest BCUT2D eigenvalue weighted by molar-refractivity contribution is 0.0516. The Morgan fingerprint density at radius 2 is 1.13 bits per heavy atom. The number of imidazole rings is 2. The number of likely N-dealkylation sites (tertiary alicyclic amines) is 2. The lowest BCUT2D eigenvalue weighted by atomic mass is 9.77. The minimum absolute atomic E-state index is 0.326. The standard InChI is InChI=1S/C31H42N6O2.C26H34N6/c1-31(2,3)39-30(38)33-19-22-13-17-35(18-14-22)27-10-4-9-26-34-25(21-37(26)27)20-36-16-6-8-24-12-11-23-7-5-15-32-28(23)29(24)36;27-16-19-10-14-30(15-11-19)24-7-1-6-23-29-22(18-32(23)24)17-31-13-3-5-21-9-8-20-4-2-12-28-25(20)26(21)31/h4-5,7,9-10,15,21-22,24,29H,6,8,11-14,16-20H2,1-3H3,(H,33,38);1-2,4,6-7,12,18-19,21,26H,3,5,8-11,13-17,27H2/t24-,29-;21-,26-/m00/s1. The topological polar surface area (TPSA) is 138 Å². The smallest absolute Gasteiger partial charge is 0.407 e. The van der Waals surface area contributed by atoms with E-state index in [1.807, 2.05) is 33.2 Å². The van der Waals surface area contributed by atoms with Crippen LogP contribution in [0.1, 0.15) is 131 Å². The number of hydrogen-bond donors (Lipinski definition) is 2. The molecule has 10 heterocycles. The lowest BCUT2D eigenvalue weighted by Crippen LogP contribution is -2.41. The van der Waals surface area contributed by atoms with Crippen LogP contribution in [0.3, 0.4) is 0 Å². The van der Waals surface area contributed by atoms with Crippen molar-refractivity contribution < 1.29 is 9.53 Å². The minimum atomic E-state index is -0.469. The van der Waals surface area contributed by atoms with E-state index in [-0.39, 0.29) is 6.09 Å². The fourth-order valence-electron chi connectivity index (χ4n) is 13.1. The summed E-state index contributed by atoms with van der Waals surface area (Å²) in [6.45, 7) is 15.2. The van der Waals surface area contributed by atoms with Gasteiger partial charge in [-0.25, -0.2) is 14.8 Å². The molecule has 0 unspecified atom stereocenters. The Morgan fingerprint density at radius 3 is 1.61 bits per heavy atom. The predicted molar refractivity (Wildman–Crippen MR) is 280 cm³/mol. The van der Waals surface area contributed by atoms with Crippen LogP contribution in [0.25, 0.3) is 11.3 Å². The van der Waals surface area contributed by atoms with Gasteiger partial charge in [0.2, 0.25) is 0 Å². The van der Waals surface area contributed by atoms with Crippen molar-refractivity contribution in [3.63, 3.8) is 0 Å². The Labute approximate surface area is 420 Å². The fourth-order valence-corrected chi connectivity index (χ4v) is 13.1. The maximum atomic E-state index is 12.1. The van der Waals surface area contributed by atoms with Gasteiger partial charge in [-0.05, 0) is 189 Å². The highest BCUT2D eigenvalue weighted by Crippen LogP contribution is 2.45. The van der Waals surface area contributed by atoms with E-state index < -0.39 is 5.60 Å². The van der Waals surface area contributed by atoms with Crippen molar-refractivity contribution in [2.24, 2.45) is 29.4 Å². The Kier molecular flexibility index (Phi) is 14.0. The number of anilines is 2. The molecule has 0 saturated carbocycles. The van der Waals surface area contributed by atoms with E-state index in [0.717, 1.165) is 107 Å². The molecule has 0 radical (unpaired) electrons. The molecule has 2 aliphatic carbocycles. The summed E-state index contributed by atoms with van der Waals surface area (Å²) in [4.78, 5) is 42.1. The SMILES string of the molecule is CC(C)(C)OC(=O)NCC1CCN(c2cccc3nc(CN4CCC[C@H]5CCc6cccnc6[C@H]54)cn23)CC1.NCC1CCN(c2cccc3nc(CN4CCC[C@H]5CCc6cccnc6[C@H]54)cn23)CC1. The number of fused-ring (bicyclic) bond motifs is 8. The zero-order valence-corrected chi connectivity index (χ0v) is 42.5. The van der Waals surface area contributed by atoms with Gasteiger partial charge in [0.15, 0.2) is 0 Å². The Morgan fingerprint density at radius 1 is 0.634 bits per heavy atom. The van der Waals surface area contributed by atoms with Crippen molar-refractivity contribution in [2.45, 2.75) is 129 Å². The molecule has 4 aliphatic heterocycles. The van der Waals surface area contributed by atoms with Crippen LogP contribution in [0.15, 0.2) is 85.5 Å². The van der Waals surface area contributed by atoms with Gasteiger partial charge >= 0.3 is 6.09 Å². The molecule has 1 amide bonds. The molecule has 6 aromatic rings. The molecule has 0 aromatic carbocycles. The Bertz CT molecular complexity index is 2760. The summed E-state index contributed by atoms with van der Waals surface area (Å²) in [5.74, 6) is 5.01. The number of hydrogen-bond acceptors (Lipinski definition) is 11. The predicted octanol–water partition coefficient (Wildman–Crippen LogP) is 9.17. The molecular weight excluding hydrogens is 885 g/mol. The summed E-state index contributed by atoms with van der Waals surface area (Å²) in [6.07, 6.45) is 22.6. The first kappa shape index (κ1) is 47.7. The lowest BCUT2D eigenvalue weighted by Gasteiger charge is -2.44. The second-order valence-electron chi connectivity index (χ2n) is 22.5. The Balaban J connectivity index is 0.000000157. The highest BCUT2D eigenvalue weighted by Gasteiger charge is 2.39. The van der Waals surface area contributed by atoms with Gasteiger partial charge in [-0.15, -0.1) is 0 Å². The molecule has 0 bridgehead atoms. The first-order chi connectivity index (χ1) is 34.6. The van der Waals surface area contributed by atoms with Crippen molar-refractivity contribution in [1.82, 2.24) is 43.9 Å². The number of nitrogens with zero attached hydrogens (tertiary/aromatic N) is 10. The van der Waals surface area contributed by atoms with Crippen LogP contribution in [0.4, 0.5) is 16.4 Å². The number of pyridine rings is 4. The number of alkyl carbamates (subject to hydrolysis) is 1. The molecule has 376 valence electrons. The molecule has 14 nitrogen and oxygen atoms in total. The van der Waals surface area contributed by atoms with E-state index in [0.29, 0.717) is 36.4 Å². The molecule has 14 heteroatoms. The third-order valence-corrected chi connectivity index (χ3v) is 16.6. The number of ether oxygens (including phenoxy) is 1. The normalized spacial score (nSPS) is 23.3. The molecule has 4 saturated heterocycles. The summed E-state index contributed by atoms with van der Waals surface area (Å²) in [6, 6.07) is 22.5. The summed E-state index contributed by atoms with van der Waals surface area (Å²) in [5, 5.41) is 2.96. The van der Waals surface area contributed by atoms with E-state index >= 15 is 0 Å². The number of rotatable bonds is 9. The van der Waals surface area contributed by atoms with E-state index in [1.54, 1.807) is 0 Å². The average molecular weight is 961 g/mol. The first-order valence-electron chi connectivity index (χ1n) is 27.1. The van der Waals surface area contributed by atoms with E-state index in [1.165, 1.54) is 91.9 Å². The van der Waals surface area contributed by atoms with Gasteiger partial charge in [-0.1, -0.05) is 24.3 Å². The van der Waals surface area contributed by atoms with Gasteiger partial charge in [0.05, 0.1) is 34.9 Å². The molecule has 12 rings (SSSR count). The average Bonchev–Trinajstić information content (AvgIpc) is 4.01. The van der Waals surface area contributed by atoms with E-state index in [2.05, 4.69) is 107 Å². The maximum Gasteiger partial charge on any atom is 0.407 e. The number of carbonyl (C=O) groups is 1. The summed E-state index contributed by atoms with van der Waals surface area (Å²) in [5.41, 5.74) is 15.3. The largest absolute Gasteiger partial charge is 0.444 e. The molecule has 4 atom stereocenters. The highest BCUT2D eigenvalue weighted by molar-refractivity contribution is 5.67. The van der Waals surface area contributed by atoms with Crippen molar-refractivity contribution in [1.29, 1.82) is 0 Å². The van der Waals surface area contributed by atoms with Gasteiger partial charge in [0.25, 0.3) is 0 Å². The molecule has 4 fully saturated rings. The van der Waals surface area contributed by atoms with Gasteiger partial charge in [-0.3, -0.25) is 28.6 Å². The van der Waals surface area contributed by atoms with Crippen LogP contribution in [-0.4, -0.2) is 103 Å². The number of nitrogens with one attached hydrogen (secondary N) is 1. The van der Waals surface area contributed by atoms with Crippen LogP contribution >= 0.6 is 0 Å². The number of piperidine rings is 4. The van der Waals surface area contributed by atoms with Gasteiger partial charge in [0.1, 0.15) is 28.5 Å². The number of nitrogens with two attached hydrogens (primary N) is 1. The first-order valence-corrected chi connectivity index (χ1v) is 27.1. The highest BCUT2D eigenvalue weighted by atomic mass is 16.6. The zero-order chi connectivity index (χ0) is 48.5. The van der Waals surface area contributed by atoms with Gasteiger partial charge < -0.3 is 25.6 Å². The fraction of sp³-hybridized carbons (Fsp3) is 0.561. The number of aryl methyl sites for hydroxylation is 2. The molecular formula is C57H76N12O2. The number of amides is 1. The quantitative estimate of drug-likeness (QED) is 0.144.